The molecule has 0 spiro atoms. The third-order valence-electron chi connectivity index (χ3n) is 6.12. The molecule has 178 valence electrons. The van der Waals surface area contributed by atoms with E-state index < -0.39 is 5.54 Å². The van der Waals surface area contributed by atoms with Crippen LogP contribution in [-0.2, 0) is 27.2 Å². The molecular formula is C27H30FN3O3. The van der Waals surface area contributed by atoms with Crippen molar-refractivity contribution < 1.29 is 18.7 Å². The number of pyridine rings is 1. The summed E-state index contributed by atoms with van der Waals surface area (Å²) in [4.78, 5) is 31.9. The fraction of sp³-hybridized carbons (Fsp3) is 0.370. The number of amides is 2. The average molecular weight is 464 g/mol. The van der Waals surface area contributed by atoms with Crippen LogP contribution in [0.2, 0.25) is 0 Å². The molecule has 0 bridgehead atoms. The summed E-state index contributed by atoms with van der Waals surface area (Å²) in [5.41, 5.74) is 0.798. The van der Waals surface area contributed by atoms with Crippen LogP contribution in [0.5, 0.6) is 0 Å². The van der Waals surface area contributed by atoms with Crippen LogP contribution in [0.1, 0.15) is 25.0 Å². The van der Waals surface area contributed by atoms with Crippen molar-refractivity contribution in [3.8, 4) is 0 Å². The number of hydrogen-bond donors (Lipinski definition) is 1. The highest BCUT2D eigenvalue weighted by Gasteiger charge is 2.35. The SMILES string of the molecule is CC(C)(NC(=O)Cc1ccc(F)cc1)C(=O)N1CCOCC(Cc2ccc3ccncc3c2)C1. The largest absolute Gasteiger partial charge is 0.379 e. The van der Waals surface area contributed by atoms with Gasteiger partial charge in [0.2, 0.25) is 11.8 Å². The Morgan fingerprint density at radius 2 is 1.88 bits per heavy atom. The molecule has 1 aliphatic heterocycles. The zero-order valence-electron chi connectivity index (χ0n) is 19.6. The number of benzene rings is 2. The van der Waals surface area contributed by atoms with E-state index >= 15 is 0 Å². The number of nitrogens with zero attached hydrogens (tertiary/aromatic N) is 2. The average Bonchev–Trinajstić information content (AvgIpc) is 3.05. The topological polar surface area (TPSA) is 71.5 Å². The van der Waals surface area contributed by atoms with E-state index in [-0.39, 0.29) is 30.0 Å². The molecule has 2 amide bonds. The molecular weight excluding hydrogens is 433 g/mol. The van der Waals surface area contributed by atoms with E-state index in [9.17, 15) is 14.0 Å². The smallest absolute Gasteiger partial charge is 0.247 e. The van der Waals surface area contributed by atoms with Crippen molar-refractivity contribution in [2.24, 2.45) is 5.92 Å². The Balaban J connectivity index is 1.39. The van der Waals surface area contributed by atoms with Gasteiger partial charge in [-0.05, 0) is 61.0 Å². The number of aromatic nitrogens is 1. The number of hydrogen-bond acceptors (Lipinski definition) is 4. The molecule has 1 aromatic heterocycles. The van der Waals surface area contributed by atoms with Crippen molar-refractivity contribution in [3.63, 3.8) is 0 Å². The molecule has 4 rings (SSSR count). The van der Waals surface area contributed by atoms with E-state index in [4.69, 9.17) is 4.74 Å². The summed E-state index contributed by atoms with van der Waals surface area (Å²) >= 11 is 0. The van der Waals surface area contributed by atoms with Crippen LogP contribution in [0.15, 0.2) is 60.9 Å². The Labute approximate surface area is 199 Å². The van der Waals surface area contributed by atoms with Crippen LogP contribution in [-0.4, -0.2) is 53.5 Å². The molecule has 1 saturated heterocycles. The highest BCUT2D eigenvalue weighted by molar-refractivity contribution is 5.91. The molecule has 0 radical (unpaired) electrons. The first kappa shape index (κ1) is 23.8. The maximum absolute atomic E-state index is 13.4. The molecule has 2 heterocycles. The first-order chi connectivity index (χ1) is 16.3. The second kappa shape index (κ2) is 10.3. The van der Waals surface area contributed by atoms with Crippen LogP contribution >= 0.6 is 0 Å². The number of rotatable bonds is 6. The van der Waals surface area contributed by atoms with Gasteiger partial charge >= 0.3 is 0 Å². The van der Waals surface area contributed by atoms with Crippen molar-refractivity contribution >= 4 is 22.6 Å². The summed E-state index contributed by atoms with van der Waals surface area (Å²) in [7, 11) is 0. The van der Waals surface area contributed by atoms with Gasteiger partial charge in [-0.15, -0.1) is 0 Å². The van der Waals surface area contributed by atoms with Gasteiger partial charge in [-0.25, -0.2) is 4.39 Å². The van der Waals surface area contributed by atoms with Gasteiger partial charge in [-0.2, -0.15) is 0 Å². The fourth-order valence-electron chi connectivity index (χ4n) is 4.41. The monoisotopic (exact) mass is 463 g/mol. The van der Waals surface area contributed by atoms with E-state index in [1.807, 2.05) is 12.3 Å². The molecule has 1 unspecified atom stereocenters. The standard InChI is InChI=1S/C27H30FN3O3/c1-27(2,30-25(32)15-19-4-7-24(28)8-5-19)26(33)31-11-12-34-18-21(17-31)13-20-3-6-22-9-10-29-16-23(22)14-20/h3-10,14,16,21H,11-13,15,17-18H2,1-2H3,(H,30,32). The second-order valence-corrected chi connectivity index (χ2v) is 9.43. The number of carbonyl (C=O) groups is 2. The molecule has 0 aliphatic carbocycles. The first-order valence-corrected chi connectivity index (χ1v) is 11.6. The van der Waals surface area contributed by atoms with Crippen molar-refractivity contribution in [3.05, 3.63) is 77.9 Å². The van der Waals surface area contributed by atoms with Gasteiger partial charge < -0.3 is 15.0 Å². The van der Waals surface area contributed by atoms with Gasteiger partial charge in [0.25, 0.3) is 0 Å². The number of nitrogens with one attached hydrogen (secondary N) is 1. The summed E-state index contributed by atoms with van der Waals surface area (Å²) in [6.07, 6.45) is 4.51. The molecule has 1 aliphatic rings. The van der Waals surface area contributed by atoms with Gasteiger partial charge in [0, 0.05) is 36.8 Å². The van der Waals surface area contributed by atoms with Crippen molar-refractivity contribution in [2.75, 3.05) is 26.3 Å². The third kappa shape index (κ3) is 5.97. The normalized spacial score (nSPS) is 16.8. The number of ether oxygens (including phenoxy) is 1. The molecule has 1 N–H and O–H groups in total. The third-order valence-corrected chi connectivity index (χ3v) is 6.12. The molecule has 0 saturated carbocycles. The van der Waals surface area contributed by atoms with Crippen molar-refractivity contribution in [1.82, 2.24) is 15.2 Å². The zero-order valence-corrected chi connectivity index (χ0v) is 19.6. The molecule has 3 aromatic rings. The van der Waals surface area contributed by atoms with Gasteiger partial charge in [0.05, 0.1) is 19.6 Å². The maximum atomic E-state index is 13.4. The molecule has 2 aromatic carbocycles. The quantitative estimate of drug-likeness (QED) is 0.607. The Bertz CT molecular complexity index is 1160. The number of carbonyl (C=O) groups excluding carboxylic acids is 2. The lowest BCUT2D eigenvalue weighted by molar-refractivity contribution is -0.140. The molecule has 1 atom stereocenters. The van der Waals surface area contributed by atoms with E-state index in [2.05, 4.69) is 28.5 Å². The second-order valence-electron chi connectivity index (χ2n) is 9.43. The van der Waals surface area contributed by atoms with Crippen molar-refractivity contribution in [2.45, 2.75) is 32.2 Å². The Hall–Kier alpha value is -3.32. The minimum absolute atomic E-state index is 0.0829. The van der Waals surface area contributed by atoms with E-state index in [0.29, 0.717) is 31.9 Å². The molecule has 7 heteroatoms. The molecule has 6 nitrogen and oxygen atoms in total. The predicted molar refractivity (Wildman–Crippen MR) is 129 cm³/mol. The molecule has 1 fully saturated rings. The summed E-state index contributed by atoms with van der Waals surface area (Å²) in [5, 5.41) is 5.08. The van der Waals surface area contributed by atoms with E-state index in [0.717, 1.165) is 17.2 Å². The minimum Gasteiger partial charge on any atom is -0.379 e. The van der Waals surface area contributed by atoms with Gasteiger partial charge in [0.15, 0.2) is 0 Å². The van der Waals surface area contributed by atoms with Crippen molar-refractivity contribution in [1.29, 1.82) is 0 Å². The van der Waals surface area contributed by atoms with Crippen LogP contribution in [0.25, 0.3) is 10.8 Å². The van der Waals surface area contributed by atoms with Gasteiger partial charge in [0.1, 0.15) is 11.4 Å². The highest BCUT2D eigenvalue weighted by Crippen LogP contribution is 2.20. The fourth-order valence-corrected chi connectivity index (χ4v) is 4.41. The summed E-state index contributed by atoms with van der Waals surface area (Å²) in [5.74, 6) is -0.625. The van der Waals surface area contributed by atoms with E-state index in [1.54, 1.807) is 37.1 Å². The maximum Gasteiger partial charge on any atom is 0.247 e. The van der Waals surface area contributed by atoms with Crippen LogP contribution in [0, 0.1) is 11.7 Å². The van der Waals surface area contributed by atoms with Crippen LogP contribution < -0.4 is 5.32 Å². The summed E-state index contributed by atoms with van der Waals surface area (Å²) < 4.78 is 18.9. The van der Waals surface area contributed by atoms with E-state index in [1.165, 1.54) is 17.7 Å². The lowest BCUT2D eigenvalue weighted by Crippen LogP contribution is -2.57. The lowest BCUT2D eigenvalue weighted by Gasteiger charge is -2.33. The summed E-state index contributed by atoms with van der Waals surface area (Å²) in [6, 6.07) is 14.1. The highest BCUT2D eigenvalue weighted by atomic mass is 19.1. The van der Waals surface area contributed by atoms with Gasteiger partial charge in [-0.1, -0.05) is 24.3 Å². The van der Waals surface area contributed by atoms with Crippen LogP contribution in [0.4, 0.5) is 4.39 Å². The number of fused-ring (bicyclic) bond motifs is 1. The Morgan fingerprint density at radius 3 is 2.68 bits per heavy atom. The molecule has 34 heavy (non-hydrogen) atoms. The van der Waals surface area contributed by atoms with Crippen LogP contribution in [0.3, 0.4) is 0 Å². The zero-order chi connectivity index (χ0) is 24.1. The Kier molecular flexibility index (Phi) is 7.22. The lowest BCUT2D eigenvalue weighted by atomic mass is 9.96. The minimum atomic E-state index is -1.07. The predicted octanol–water partition coefficient (Wildman–Crippen LogP) is 3.53. The number of halogens is 1. The summed E-state index contributed by atoms with van der Waals surface area (Å²) in [6.45, 7) is 5.51. The van der Waals surface area contributed by atoms with Gasteiger partial charge in [-0.3, -0.25) is 14.6 Å². The Morgan fingerprint density at radius 1 is 1.12 bits per heavy atom. The first-order valence-electron chi connectivity index (χ1n) is 11.6.